The molecule has 0 saturated carbocycles. The van der Waals surface area contributed by atoms with Gasteiger partial charge in [-0.05, 0) is 35.7 Å². The van der Waals surface area contributed by atoms with E-state index in [0.29, 0.717) is 18.1 Å². The Balaban J connectivity index is 1.47. The Morgan fingerprint density at radius 2 is 1.76 bits per heavy atom. The Labute approximate surface area is 191 Å². The first-order valence-electron chi connectivity index (χ1n) is 10.6. The number of nitrogens with one attached hydrogen (secondary N) is 1. The fourth-order valence-electron chi connectivity index (χ4n) is 4.01. The number of nitrogens with two attached hydrogens (primary N) is 1. The Morgan fingerprint density at radius 3 is 2.45 bits per heavy atom. The second-order valence-corrected chi connectivity index (χ2v) is 7.95. The molecule has 0 fully saturated rings. The molecule has 1 aromatic heterocycles. The molecule has 0 saturated heterocycles. The highest BCUT2D eigenvalue weighted by Crippen LogP contribution is 2.45. The van der Waals surface area contributed by atoms with Crippen LogP contribution in [0.5, 0.6) is 11.6 Å². The maximum Gasteiger partial charge on any atom is 0.244 e. The van der Waals surface area contributed by atoms with Crippen molar-refractivity contribution < 1.29 is 9.47 Å². The number of hydrogen-bond acceptors (Lipinski definition) is 5. The maximum absolute atomic E-state index is 9.88. The van der Waals surface area contributed by atoms with Crippen LogP contribution in [0.25, 0.3) is 11.3 Å². The molecule has 3 N–H and O–H groups in total. The number of H-pyrrole nitrogens is 1. The monoisotopic (exact) mass is 434 g/mol. The molecular weight excluding hydrogens is 412 g/mol. The Hall–Kier alpha value is -4.50. The Bertz CT molecular complexity index is 1350. The average Bonchev–Trinajstić information content (AvgIpc) is 3.27. The zero-order valence-electron chi connectivity index (χ0n) is 18.1. The van der Waals surface area contributed by atoms with Gasteiger partial charge in [0.05, 0.1) is 17.2 Å². The van der Waals surface area contributed by atoms with Crippen molar-refractivity contribution in [2.24, 2.45) is 5.73 Å². The highest BCUT2D eigenvalue weighted by molar-refractivity contribution is 5.70. The van der Waals surface area contributed by atoms with Gasteiger partial charge in [-0.25, -0.2) is 0 Å². The van der Waals surface area contributed by atoms with E-state index in [1.165, 1.54) is 5.56 Å². The van der Waals surface area contributed by atoms with Gasteiger partial charge in [0.25, 0.3) is 0 Å². The molecule has 3 aromatic carbocycles. The quantitative estimate of drug-likeness (QED) is 0.451. The first-order chi connectivity index (χ1) is 16.1. The zero-order chi connectivity index (χ0) is 22.8. The first-order valence-corrected chi connectivity index (χ1v) is 10.6. The van der Waals surface area contributed by atoms with Gasteiger partial charge in [0.1, 0.15) is 24.0 Å². The third kappa shape index (κ3) is 3.92. The van der Waals surface area contributed by atoms with E-state index in [-0.39, 0.29) is 5.88 Å². The summed E-state index contributed by atoms with van der Waals surface area (Å²) in [4.78, 5) is 0. The Kier molecular flexibility index (Phi) is 5.29. The number of allylic oxidation sites excluding steroid dienone is 1. The molecule has 6 nitrogen and oxygen atoms in total. The first kappa shape index (κ1) is 20.4. The molecule has 0 amide bonds. The van der Waals surface area contributed by atoms with Crippen molar-refractivity contribution in [2.75, 3.05) is 0 Å². The molecule has 0 spiro atoms. The molecule has 162 valence electrons. The minimum Gasteiger partial charge on any atom is -0.489 e. The molecule has 6 heteroatoms. The SMILES string of the molecule is Cc1ccc(COc2ccc(C3C(C#N)=C(N)Oc4n[nH]c(-c5ccccc5)c43)cc2)cc1. The molecule has 1 unspecified atom stereocenters. The van der Waals surface area contributed by atoms with Crippen molar-refractivity contribution in [3.05, 3.63) is 113 Å². The summed E-state index contributed by atoms with van der Waals surface area (Å²) in [6.07, 6.45) is 0. The van der Waals surface area contributed by atoms with E-state index >= 15 is 0 Å². The third-order valence-corrected chi connectivity index (χ3v) is 5.74. The predicted molar refractivity (Wildman–Crippen MR) is 125 cm³/mol. The van der Waals surface area contributed by atoms with Crippen molar-refractivity contribution in [3.63, 3.8) is 0 Å². The van der Waals surface area contributed by atoms with Gasteiger partial charge in [0.2, 0.25) is 11.8 Å². The van der Waals surface area contributed by atoms with E-state index in [0.717, 1.165) is 33.7 Å². The molecule has 0 radical (unpaired) electrons. The lowest BCUT2D eigenvalue weighted by atomic mass is 9.83. The van der Waals surface area contributed by atoms with Crippen molar-refractivity contribution in [1.82, 2.24) is 10.2 Å². The van der Waals surface area contributed by atoms with Crippen LogP contribution in [0.2, 0.25) is 0 Å². The number of nitrogens with zero attached hydrogens (tertiary/aromatic N) is 2. The van der Waals surface area contributed by atoms with E-state index in [4.69, 9.17) is 15.2 Å². The number of aromatic nitrogens is 2. The molecule has 1 aliphatic heterocycles. The number of hydrogen-bond donors (Lipinski definition) is 2. The maximum atomic E-state index is 9.88. The van der Waals surface area contributed by atoms with Crippen molar-refractivity contribution in [3.8, 4) is 29.0 Å². The van der Waals surface area contributed by atoms with Gasteiger partial charge in [-0.1, -0.05) is 72.3 Å². The molecule has 1 aliphatic rings. The van der Waals surface area contributed by atoms with Crippen LogP contribution in [0.3, 0.4) is 0 Å². The number of aryl methyl sites for hydroxylation is 1. The average molecular weight is 434 g/mol. The summed E-state index contributed by atoms with van der Waals surface area (Å²) in [5, 5.41) is 17.3. The van der Waals surface area contributed by atoms with Gasteiger partial charge in [-0.3, -0.25) is 5.10 Å². The van der Waals surface area contributed by atoms with Crippen LogP contribution >= 0.6 is 0 Å². The lowest BCUT2D eigenvalue weighted by Crippen LogP contribution is -2.21. The fraction of sp³-hybridized carbons (Fsp3) is 0.111. The van der Waals surface area contributed by atoms with Crippen LogP contribution in [-0.4, -0.2) is 10.2 Å². The van der Waals surface area contributed by atoms with Crippen LogP contribution < -0.4 is 15.2 Å². The van der Waals surface area contributed by atoms with Gasteiger partial charge in [-0.15, -0.1) is 5.10 Å². The normalized spacial score (nSPS) is 14.8. The van der Waals surface area contributed by atoms with E-state index in [1.807, 2.05) is 54.6 Å². The molecule has 2 heterocycles. The molecular formula is C27H22N4O2. The second-order valence-electron chi connectivity index (χ2n) is 7.95. The molecule has 5 rings (SSSR count). The number of aromatic amines is 1. The van der Waals surface area contributed by atoms with Crippen LogP contribution in [0.1, 0.15) is 28.2 Å². The fourth-order valence-corrected chi connectivity index (χ4v) is 4.01. The summed E-state index contributed by atoms with van der Waals surface area (Å²) >= 11 is 0. The van der Waals surface area contributed by atoms with Crippen LogP contribution in [0, 0.1) is 18.3 Å². The molecule has 33 heavy (non-hydrogen) atoms. The minimum atomic E-state index is -0.404. The van der Waals surface area contributed by atoms with Crippen LogP contribution in [0.4, 0.5) is 0 Å². The van der Waals surface area contributed by atoms with Gasteiger partial charge in [0, 0.05) is 0 Å². The van der Waals surface area contributed by atoms with Crippen molar-refractivity contribution in [1.29, 1.82) is 5.26 Å². The minimum absolute atomic E-state index is 0.0702. The van der Waals surface area contributed by atoms with E-state index in [1.54, 1.807) is 0 Å². The van der Waals surface area contributed by atoms with E-state index in [9.17, 15) is 5.26 Å². The summed E-state index contributed by atoms with van der Waals surface area (Å²) in [5.41, 5.74) is 12.2. The van der Waals surface area contributed by atoms with Gasteiger partial charge in [0.15, 0.2) is 0 Å². The van der Waals surface area contributed by atoms with Crippen molar-refractivity contribution in [2.45, 2.75) is 19.4 Å². The predicted octanol–water partition coefficient (Wildman–Crippen LogP) is 5.18. The summed E-state index contributed by atoms with van der Waals surface area (Å²) in [6.45, 7) is 2.54. The summed E-state index contributed by atoms with van der Waals surface area (Å²) in [7, 11) is 0. The van der Waals surface area contributed by atoms with Crippen molar-refractivity contribution >= 4 is 0 Å². The Morgan fingerprint density at radius 1 is 1.03 bits per heavy atom. The largest absolute Gasteiger partial charge is 0.489 e. The molecule has 4 aromatic rings. The highest BCUT2D eigenvalue weighted by atomic mass is 16.5. The van der Waals surface area contributed by atoms with Gasteiger partial charge >= 0.3 is 0 Å². The smallest absolute Gasteiger partial charge is 0.244 e. The number of nitriles is 1. The summed E-state index contributed by atoms with van der Waals surface area (Å²) < 4.78 is 11.6. The number of benzene rings is 3. The number of ether oxygens (including phenoxy) is 2. The molecule has 1 atom stereocenters. The number of rotatable bonds is 5. The van der Waals surface area contributed by atoms with E-state index in [2.05, 4.69) is 47.5 Å². The van der Waals surface area contributed by atoms with Gasteiger partial charge in [-0.2, -0.15) is 5.26 Å². The second kappa shape index (κ2) is 8.56. The standard InChI is InChI=1S/C27H22N4O2/c1-17-7-9-18(10-8-17)16-32-21-13-11-19(12-14-21)23-22(15-28)26(29)33-27-24(23)25(30-31-27)20-5-3-2-4-6-20/h2-14,23H,16,29H2,1H3,(H,30,31). The molecule has 0 bridgehead atoms. The van der Waals surface area contributed by atoms with Gasteiger partial charge < -0.3 is 15.2 Å². The summed E-state index contributed by atoms with van der Waals surface area (Å²) in [5.74, 6) is 0.798. The summed E-state index contributed by atoms with van der Waals surface area (Å²) in [6, 6.07) is 28.1. The van der Waals surface area contributed by atoms with Crippen LogP contribution in [-0.2, 0) is 6.61 Å². The lowest BCUT2D eigenvalue weighted by Gasteiger charge is -2.24. The lowest BCUT2D eigenvalue weighted by molar-refractivity contribution is 0.306. The number of fused-ring (bicyclic) bond motifs is 1. The highest BCUT2D eigenvalue weighted by Gasteiger charge is 2.35. The van der Waals surface area contributed by atoms with E-state index < -0.39 is 5.92 Å². The van der Waals surface area contributed by atoms with Crippen LogP contribution in [0.15, 0.2) is 90.3 Å². The molecule has 0 aliphatic carbocycles. The topological polar surface area (TPSA) is 96.9 Å². The zero-order valence-corrected chi connectivity index (χ0v) is 18.1. The third-order valence-electron chi connectivity index (χ3n) is 5.74.